The lowest BCUT2D eigenvalue weighted by molar-refractivity contribution is -0.119. The van der Waals surface area contributed by atoms with Crippen LogP contribution in [0.1, 0.15) is 50.5 Å². The molecule has 0 spiro atoms. The highest BCUT2D eigenvalue weighted by atomic mass is 16.2. The first-order valence-corrected chi connectivity index (χ1v) is 11.4. The maximum atomic E-state index is 12.5. The first-order chi connectivity index (χ1) is 15.1. The maximum absolute atomic E-state index is 12.5. The van der Waals surface area contributed by atoms with Crippen LogP contribution < -0.4 is 15.1 Å². The summed E-state index contributed by atoms with van der Waals surface area (Å²) in [5, 5.41) is 3.29. The van der Waals surface area contributed by atoms with Crippen LogP contribution in [0.4, 0.5) is 23.1 Å². The molecular formula is C24H29N5O2. The molecule has 0 atom stereocenters. The molecule has 2 fully saturated rings. The van der Waals surface area contributed by atoms with Gasteiger partial charge in [-0.25, -0.2) is 4.98 Å². The fourth-order valence-corrected chi connectivity index (χ4v) is 4.66. The van der Waals surface area contributed by atoms with Crippen molar-refractivity contribution in [2.75, 3.05) is 28.7 Å². The summed E-state index contributed by atoms with van der Waals surface area (Å²) in [5.41, 5.74) is 2.69. The van der Waals surface area contributed by atoms with E-state index in [4.69, 9.17) is 4.98 Å². The Kier molecular flexibility index (Phi) is 5.34. The molecular weight excluding hydrogens is 390 g/mol. The molecule has 1 amide bonds. The van der Waals surface area contributed by atoms with Crippen molar-refractivity contribution < 1.29 is 9.59 Å². The summed E-state index contributed by atoms with van der Waals surface area (Å²) in [4.78, 5) is 37.8. The number of benzene rings is 1. The second-order valence-electron chi connectivity index (χ2n) is 8.98. The zero-order valence-electron chi connectivity index (χ0n) is 18.0. The number of hydrogen-bond acceptors (Lipinski definition) is 6. The van der Waals surface area contributed by atoms with E-state index in [1.807, 2.05) is 24.3 Å². The molecule has 2 aromatic rings. The van der Waals surface area contributed by atoms with E-state index >= 15 is 0 Å². The molecule has 2 saturated carbocycles. The predicted molar refractivity (Wildman–Crippen MR) is 121 cm³/mol. The van der Waals surface area contributed by atoms with Crippen LogP contribution in [-0.4, -0.2) is 41.3 Å². The SMILES string of the molecule is CN1C(=O)CCN(C2CCCC2)c2nc(Nc3ccc(CC(=O)C4CC4)cc3)ncc21. The largest absolute Gasteiger partial charge is 0.351 e. The first kappa shape index (κ1) is 20.0. The number of nitrogens with zero attached hydrogens (tertiary/aromatic N) is 4. The van der Waals surface area contributed by atoms with Gasteiger partial charge in [-0.05, 0) is 43.4 Å². The number of carbonyl (C=O) groups is 2. The Morgan fingerprint density at radius 2 is 1.87 bits per heavy atom. The lowest BCUT2D eigenvalue weighted by Gasteiger charge is -2.30. The molecule has 7 heteroatoms. The molecule has 31 heavy (non-hydrogen) atoms. The van der Waals surface area contributed by atoms with E-state index in [1.165, 1.54) is 12.8 Å². The number of rotatable bonds is 6. The molecule has 1 N–H and O–H groups in total. The minimum atomic E-state index is 0.0994. The van der Waals surface area contributed by atoms with Gasteiger partial charge < -0.3 is 15.1 Å². The van der Waals surface area contributed by atoms with Gasteiger partial charge in [-0.15, -0.1) is 0 Å². The van der Waals surface area contributed by atoms with E-state index in [9.17, 15) is 9.59 Å². The molecule has 0 bridgehead atoms. The number of amides is 1. The minimum Gasteiger partial charge on any atom is -0.351 e. The zero-order chi connectivity index (χ0) is 21.4. The molecule has 2 aliphatic carbocycles. The highest BCUT2D eigenvalue weighted by molar-refractivity contribution is 5.97. The average molecular weight is 420 g/mol. The topological polar surface area (TPSA) is 78.4 Å². The Bertz CT molecular complexity index is 980. The van der Waals surface area contributed by atoms with Gasteiger partial charge in [0, 0.05) is 44.1 Å². The Balaban J connectivity index is 1.36. The summed E-state index contributed by atoms with van der Waals surface area (Å²) >= 11 is 0. The molecule has 7 nitrogen and oxygen atoms in total. The van der Waals surface area contributed by atoms with Gasteiger partial charge in [0.1, 0.15) is 11.5 Å². The normalized spacial score (nSPS) is 19.3. The molecule has 0 saturated heterocycles. The Morgan fingerprint density at radius 1 is 1.13 bits per heavy atom. The molecule has 0 unspecified atom stereocenters. The molecule has 0 radical (unpaired) electrons. The van der Waals surface area contributed by atoms with E-state index in [0.717, 1.165) is 48.4 Å². The van der Waals surface area contributed by atoms with Crippen LogP contribution in [0.25, 0.3) is 0 Å². The van der Waals surface area contributed by atoms with E-state index < -0.39 is 0 Å². The third-order valence-electron chi connectivity index (χ3n) is 6.71. The number of ketones is 1. The smallest absolute Gasteiger partial charge is 0.229 e. The van der Waals surface area contributed by atoms with Crippen LogP contribution in [0.2, 0.25) is 0 Å². The molecule has 3 aliphatic rings. The van der Waals surface area contributed by atoms with Crippen molar-refractivity contribution in [3.63, 3.8) is 0 Å². The van der Waals surface area contributed by atoms with E-state index in [0.29, 0.717) is 43.1 Å². The summed E-state index contributed by atoms with van der Waals surface area (Å²) < 4.78 is 0. The van der Waals surface area contributed by atoms with Crippen molar-refractivity contribution in [1.29, 1.82) is 0 Å². The van der Waals surface area contributed by atoms with Gasteiger partial charge in [0.15, 0.2) is 5.82 Å². The van der Waals surface area contributed by atoms with Gasteiger partial charge in [-0.2, -0.15) is 4.98 Å². The van der Waals surface area contributed by atoms with E-state index in [2.05, 4.69) is 15.2 Å². The molecule has 1 aromatic heterocycles. The van der Waals surface area contributed by atoms with Gasteiger partial charge in [-0.1, -0.05) is 25.0 Å². The second-order valence-corrected chi connectivity index (χ2v) is 8.98. The van der Waals surface area contributed by atoms with Gasteiger partial charge in [0.25, 0.3) is 0 Å². The number of nitrogens with one attached hydrogen (secondary N) is 1. The number of aromatic nitrogens is 2. The number of anilines is 4. The lowest BCUT2D eigenvalue weighted by atomic mass is 10.1. The summed E-state index contributed by atoms with van der Waals surface area (Å²) in [5.74, 6) is 2.09. The number of fused-ring (bicyclic) bond motifs is 1. The van der Waals surface area contributed by atoms with Crippen molar-refractivity contribution in [3.05, 3.63) is 36.0 Å². The molecule has 2 heterocycles. The van der Waals surface area contributed by atoms with Crippen molar-refractivity contribution in [1.82, 2.24) is 9.97 Å². The number of hydrogen-bond donors (Lipinski definition) is 1. The minimum absolute atomic E-state index is 0.0994. The Labute approximate surface area is 182 Å². The third kappa shape index (κ3) is 4.27. The van der Waals surface area contributed by atoms with E-state index in [1.54, 1.807) is 18.1 Å². The van der Waals surface area contributed by atoms with Gasteiger partial charge in [0.2, 0.25) is 11.9 Å². The van der Waals surface area contributed by atoms with Crippen LogP contribution in [0.5, 0.6) is 0 Å². The molecule has 1 aliphatic heterocycles. The Hall–Kier alpha value is -2.96. The Morgan fingerprint density at radius 3 is 2.58 bits per heavy atom. The monoisotopic (exact) mass is 419 g/mol. The summed E-state index contributed by atoms with van der Waals surface area (Å²) in [6.45, 7) is 0.695. The van der Waals surface area contributed by atoms with Gasteiger partial charge in [0.05, 0.1) is 6.20 Å². The van der Waals surface area contributed by atoms with Crippen molar-refractivity contribution in [3.8, 4) is 0 Å². The summed E-state index contributed by atoms with van der Waals surface area (Å²) in [6, 6.07) is 8.35. The predicted octanol–water partition coefficient (Wildman–Crippen LogP) is 3.86. The molecule has 5 rings (SSSR count). The molecule has 162 valence electrons. The first-order valence-electron chi connectivity index (χ1n) is 11.4. The summed E-state index contributed by atoms with van der Waals surface area (Å²) in [7, 11) is 1.80. The maximum Gasteiger partial charge on any atom is 0.229 e. The van der Waals surface area contributed by atoms with Crippen molar-refractivity contribution >= 4 is 34.8 Å². The van der Waals surface area contributed by atoms with Crippen LogP contribution in [-0.2, 0) is 16.0 Å². The quantitative estimate of drug-likeness (QED) is 0.766. The average Bonchev–Trinajstić information content (AvgIpc) is 3.52. The van der Waals surface area contributed by atoms with Crippen LogP contribution in [0.15, 0.2) is 30.5 Å². The molecule has 1 aromatic carbocycles. The van der Waals surface area contributed by atoms with Crippen LogP contribution in [0, 0.1) is 5.92 Å². The van der Waals surface area contributed by atoms with E-state index in [-0.39, 0.29) is 5.91 Å². The van der Waals surface area contributed by atoms with Gasteiger partial charge in [-0.3, -0.25) is 9.59 Å². The van der Waals surface area contributed by atoms with Crippen molar-refractivity contribution in [2.45, 2.75) is 57.4 Å². The second kappa shape index (κ2) is 8.29. The van der Waals surface area contributed by atoms with Crippen LogP contribution in [0.3, 0.4) is 0 Å². The standard InChI is InChI=1S/C24H29N5O2/c1-28-20-15-25-24(26-18-10-6-16(7-11-18)14-21(30)17-8-9-17)27-23(20)29(13-12-22(28)31)19-4-2-3-5-19/h6-7,10-11,15,17,19H,2-5,8-9,12-14H2,1H3,(H,25,26,27). The number of carbonyl (C=O) groups excluding carboxylic acids is 2. The van der Waals surface area contributed by atoms with Crippen molar-refractivity contribution in [2.24, 2.45) is 5.92 Å². The third-order valence-corrected chi connectivity index (χ3v) is 6.71. The highest BCUT2D eigenvalue weighted by Crippen LogP contribution is 2.36. The highest BCUT2D eigenvalue weighted by Gasteiger charge is 2.32. The zero-order valence-corrected chi connectivity index (χ0v) is 18.0. The lowest BCUT2D eigenvalue weighted by Crippen LogP contribution is -2.34. The van der Waals surface area contributed by atoms with Gasteiger partial charge >= 0.3 is 0 Å². The fraction of sp³-hybridized carbons (Fsp3) is 0.500. The number of Topliss-reactive ketones (excluding diaryl/α,β-unsaturated/α-hetero) is 1. The van der Waals surface area contributed by atoms with Crippen LogP contribution >= 0.6 is 0 Å². The fourth-order valence-electron chi connectivity index (χ4n) is 4.66. The summed E-state index contributed by atoms with van der Waals surface area (Å²) in [6.07, 6.45) is 9.59.